The molecule has 1 amide bonds. The molecule has 1 N–H and O–H groups in total. The van der Waals surface area contributed by atoms with Crippen LogP contribution in [0.5, 0.6) is 0 Å². The zero-order chi connectivity index (χ0) is 21.1. The van der Waals surface area contributed by atoms with E-state index in [-0.39, 0.29) is 27.8 Å². The summed E-state index contributed by atoms with van der Waals surface area (Å²) >= 11 is 6.07. The maximum atomic E-state index is 12.9. The first-order valence-electron chi connectivity index (χ1n) is 9.02. The molecule has 2 aromatic heterocycles. The minimum absolute atomic E-state index is 0.0301. The van der Waals surface area contributed by atoms with Crippen LogP contribution in [0, 0.1) is 6.92 Å². The standard InChI is InChI=1S/C19H25ClN4O3S/c1-6-14(5)24(12(2)3)18-15(10-11-16(20)22-18)19(25)23-28(26,27)17-9-7-8-13(4)21-17/h7-12,14H,6H2,1-5H3,(H,23,25)/t14-/m0/s1. The van der Waals surface area contributed by atoms with Crippen LogP contribution in [0.2, 0.25) is 5.15 Å². The molecule has 2 heterocycles. The number of carbonyl (C=O) groups excluding carboxylic acids is 1. The van der Waals surface area contributed by atoms with Crippen LogP contribution in [0.15, 0.2) is 35.4 Å². The van der Waals surface area contributed by atoms with E-state index >= 15 is 0 Å². The second-order valence-electron chi connectivity index (χ2n) is 6.82. The van der Waals surface area contributed by atoms with Crippen LogP contribution in [0.3, 0.4) is 0 Å². The second kappa shape index (κ2) is 8.87. The Kier molecular flexibility index (Phi) is 7.01. The van der Waals surface area contributed by atoms with Crippen molar-refractivity contribution in [1.82, 2.24) is 14.7 Å². The molecule has 0 saturated heterocycles. The number of halogens is 1. The van der Waals surface area contributed by atoms with E-state index in [1.54, 1.807) is 19.1 Å². The quantitative estimate of drug-likeness (QED) is 0.683. The largest absolute Gasteiger partial charge is 0.351 e. The highest BCUT2D eigenvalue weighted by Crippen LogP contribution is 2.26. The number of anilines is 1. The average Bonchev–Trinajstić information content (AvgIpc) is 2.61. The van der Waals surface area contributed by atoms with Gasteiger partial charge in [-0.2, -0.15) is 8.42 Å². The number of nitrogens with zero attached hydrogens (tertiary/aromatic N) is 3. The fraction of sp³-hybridized carbons (Fsp3) is 0.421. The van der Waals surface area contributed by atoms with Gasteiger partial charge in [-0.1, -0.05) is 24.6 Å². The molecule has 0 saturated carbocycles. The van der Waals surface area contributed by atoms with Gasteiger partial charge >= 0.3 is 0 Å². The zero-order valence-electron chi connectivity index (χ0n) is 16.6. The number of amides is 1. The molecule has 7 nitrogen and oxygen atoms in total. The summed E-state index contributed by atoms with van der Waals surface area (Å²) in [7, 11) is -4.12. The van der Waals surface area contributed by atoms with Gasteiger partial charge in [0.05, 0.1) is 5.56 Å². The molecule has 28 heavy (non-hydrogen) atoms. The molecule has 2 aromatic rings. The highest BCUT2D eigenvalue weighted by atomic mass is 35.5. The summed E-state index contributed by atoms with van der Waals surface area (Å²) in [5, 5.41) is 0.00988. The molecule has 0 aliphatic carbocycles. The molecule has 0 bridgehead atoms. The lowest BCUT2D eigenvalue weighted by atomic mass is 10.1. The van der Waals surface area contributed by atoms with Gasteiger partial charge < -0.3 is 4.90 Å². The van der Waals surface area contributed by atoms with E-state index in [0.717, 1.165) is 6.42 Å². The van der Waals surface area contributed by atoms with Crippen molar-refractivity contribution in [2.45, 2.75) is 58.1 Å². The van der Waals surface area contributed by atoms with Gasteiger partial charge in [0.15, 0.2) is 5.03 Å². The molecule has 0 spiro atoms. The van der Waals surface area contributed by atoms with Gasteiger partial charge in [0.1, 0.15) is 11.0 Å². The Hall–Kier alpha value is -2.19. The summed E-state index contributed by atoms with van der Waals surface area (Å²) in [5.74, 6) is -0.432. The highest BCUT2D eigenvalue weighted by Gasteiger charge is 2.27. The van der Waals surface area contributed by atoms with Crippen molar-refractivity contribution >= 4 is 33.3 Å². The van der Waals surface area contributed by atoms with Crippen molar-refractivity contribution in [3.05, 3.63) is 46.7 Å². The van der Waals surface area contributed by atoms with Gasteiger partial charge in [0.25, 0.3) is 15.9 Å². The lowest BCUT2D eigenvalue weighted by molar-refractivity contribution is 0.0981. The third-order valence-electron chi connectivity index (χ3n) is 4.32. The Morgan fingerprint density at radius 1 is 1.18 bits per heavy atom. The summed E-state index contributed by atoms with van der Waals surface area (Å²) in [5.41, 5.74) is 0.668. The molecule has 2 rings (SSSR count). The molecule has 9 heteroatoms. The van der Waals surface area contributed by atoms with Crippen molar-refractivity contribution in [2.24, 2.45) is 0 Å². The SMILES string of the molecule is CC[C@H](C)N(c1nc(Cl)ccc1C(=O)NS(=O)(=O)c1cccc(C)n1)C(C)C. The smallest absolute Gasteiger partial charge is 0.281 e. The lowest BCUT2D eigenvalue weighted by Crippen LogP contribution is -2.41. The van der Waals surface area contributed by atoms with E-state index in [4.69, 9.17) is 11.6 Å². The minimum atomic E-state index is -4.12. The number of nitrogens with one attached hydrogen (secondary N) is 1. The van der Waals surface area contributed by atoms with Crippen LogP contribution in [-0.4, -0.2) is 36.4 Å². The molecular formula is C19H25ClN4O3S. The van der Waals surface area contributed by atoms with Crippen molar-refractivity contribution in [3.63, 3.8) is 0 Å². The summed E-state index contributed by atoms with van der Waals surface area (Å²) < 4.78 is 27.3. The topological polar surface area (TPSA) is 92.3 Å². The number of sulfonamides is 1. The molecule has 152 valence electrons. The first-order valence-corrected chi connectivity index (χ1v) is 10.9. The monoisotopic (exact) mass is 424 g/mol. The number of hydrogen-bond acceptors (Lipinski definition) is 6. The summed E-state index contributed by atoms with van der Waals surface area (Å²) in [6.45, 7) is 9.66. The summed E-state index contributed by atoms with van der Waals surface area (Å²) in [6.07, 6.45) is 0.818. The molecule has 0 aromatic carbocycles. The van der Waals surface area contributed by atoms with Crippen molar-refractivity contribution in [1.29, 1.82) is 0 Å². The Balaban J connectivity index is 2.46. The maximum Gasteiger partial charge on any atom is 0.281 e. The number of pyridine rings is 2. The number of aromatic nitrogens is 2. The first kappa shape index (κ1) is 22.1. The molecule has 1 atom stereocenters. The molecule has 0 aliphatic heterocycles. The second-order valence-corrected chi connectivity index (χ2v) is 8.83. The summed E-state index contributed by atoms with van der Waals surface area (Å²) in [6, 6.07) is 7.64. The number of rotatable bonds is 7. The number of hydrogen-bond donors (Lipinski definition) is 1. The van der Waals surface area contributed by atoms with Crippen molar-refractivity contribution in [3.8, 4) is 0 Å². The molecule has 0 unspecified atom stereocenters. The first-order chi connectivity index (χ1) is 13.1. The third kappa shape index (κ3) is 4.99. The van der Waals surface area contributed by atoms with E-state index in [2.05, 4.69) is 14.7 Å². The lowest BCUT2D eigenvalue weighted by Gasteiger charge is -2.34. The van der Waals surface area contributed by atoms with Crippen LogP contribution < -0.4 is 9.62 Å². The fourth-order valence-electron chi connectivity index (χ4n) is 2.86. The van der Waals surface area contributed by atoms with Crippen LogP contribution >= 0.6 is 11.6 Å². The van der Waals surface area contributed by atoms with Crippen LogP contribution in [0.25, 0.3) is 0 Å². The van der Waals surface area contributed by atoms with Gasteiger partial charge in [-0.25, -0.2) is 14.7 Å². The molecular weight excluding hydrogens is 400 g/mol. The summed E-state index contributed by atoms with van der Waals surface area (Å²) in [4.78, 5) is 23.1. The van der Waals surface area contributed by atoms with Crippen LogP contribution in [0.4, 0.5) is 5.82 Å². The van der Waals surface area contributed by atoms with Crippen molar-refractivity contribution in [2.75, 3.05) is 4.90 Å². The van der Waals surface area contributed by atoms with E-state index in [9.17, 15) is 13.2 Å². The Labute approximate surface area is 171 Å². The minimum Gasteiger partial charge on any atom is -0.351 e. The normalized spacial score (nSPS) is 12.7. The maximum absolute atomic E-state index is 12.9. The molecule has 0 fully saturated rings. The molecule has 0 aliphatic rings. The molecule has 0 radical (unpaired) electrons. The van der Waals surface area contributed by atoms with Gasteiger partial charge in [-0.05, 0) is 58.4 Å². The van der Waals surface area contributed by atoms with E-state index < -0.39 is 15.9 Å². The highest BCUT2D eigenvalue weighted by molar-refractivity contribution is 7.90. The zero-order valence-corrected chi connectivity index (χ0v) is 18.2. The van der Waals surface area contributed by atoms with Gasteiger partial charge in [-0.3, -0.25) is 4.79 Å². The fourth-order valence-corrected chi connectivity index (χ4v) is 3.98. The van der Waals surface area contributed by atoms with E-state index in [1.165, 1.54) is 18.2 Å². The Morgan fingerprint density at radius 3 is 2.43 bits per heavy atom. The predicted molar refractivity (Wildman–Crippen MR) is 110 cm³/mol. The van der Waals surface area contributed by atoms with Crippen LogP contribution in [-0.2, 0) is 10.0 Å². The van der Waals surface area contributed by atoms with Gasteiger partial charge in [0.2, 0.25) is 0 Å². The van der Waals surface area contributed by atoms with Gasteiger partial charge in [0, 0.05) is 17.8 Å². The number of carbonyl (C=O) groups is 1. The average molecular weight is 425 g/mol. The Morgan fingerprint density at radius 2 is 1.86 bits per heavy atom. The van der Waals surface area contributed by atoms with Gasteiger partial charge in [-0.15, -0.1) is 0 Å². The van der Waals surface area contributed by atoms with E-state index in [1.807, 2.05) is 32.6 Å². The van der Waals surface area contributed by atoms with E-state index in [0.29, 0.717) is 11.5 Å². The Bertz CT molecular complexity index is 963. The third-order valence-corrected chi connectivity index (χ3v) is 5.76. The van der Waals surface area contributed by atoms with Crippen LogP contribution in [0.1, 0.15) is 50.2 Å². The predicted octanol–water partition coefficient (Wildman–Crippen LogP) is 3.57. The number of aryl methyl sites for hydroxylation is 1. The van der Waals surface area contributed by atoms with Crippen molar-refractivity contribution < 1.29 is 13.2 Å².